The number of carboxylic acids is 1. The van der Waals surface area contributed by atoms with Crippen molar-refractivity contribution < 1.29 is 14.7 Å². The fourth-order valence-electron chi connectivity index (χ4n) is 3.27. The van der Waals surface area contributed by atoms with Gasteiger partial charge in [-0.1, -0.05) is 71.5 Å². The molecule has 4 rings (SSSR count). The van der Waals surface area contributed by atoms with Gasteiger partial charge in [-0.25, -0.2) is 4.79 Å². The van der Waals surface area contributed by atoms with Crippen molar-refractivity contribution in [3.63, 3.8) is 0 Å². The van der Waals surface area contributed by atoms with E-state index in [1.165, 1.54) is 11.3 Å². The van der Waals surface area contributed by atoms with E-state index >= 15 is 0 Å². The Hall–Kier alpha value is -3.22. The first-order valence-corrected chi connectivity index (χ1v) is 10.4. The zero-order valence-electron chi connectivity index (χ0n) is 15.7. The number of fused-ring (bicyclic) bond motifs is 1. The Morgan fingerprint density at radius 3 is 2.47 bits per heavy atom. The lowest BCUT2D eigenvalue weighted by atomic mass is 10.1. The fraction of sp³-hybridized carbons (Fsp3) is 0.0870. The standard InChI is InChI=1S/C23H17ClN2O3S/c24-17-10-6-9-16(14-17)21(27)25-23-26(18-11-4-5-12-20(18)30-23)19(22(28)29)13-15-7-2-1-3-8-15/h1-12,14,19H,13H2,(H,28,29). The van der Waals surface area contributed by atoms with Crippen molar-refractivity contribution in [2.24, 2.45) is 4.99 Å². The molecule has 0 bridgehead atoms. The largest absolute Gasteiger partial charge is 0.480 e. The average molecular weight is 437 g/mol. The molecule has 150 valence electrons. The second-order valence-electron chi connectivity index (χ2n) is 6.69. The zero-order chi connectivity index (χ0) is 21.1. The van der Waals surface area contributed by atoms with Gasteiger partial charge >= 0.3 is 5.97 Å². The molecule has 0 aliphatic heterocycles. The molecular weight excluding hydrogens is 420 g/mol. The summed E-state index contributed by atoms with van der Waals surface area (Å²) >= 11 is 7.28. The number of rotatable bonds is 5. The quantitative estimate of drug-likeness (QED) is 0.480. The van der Waals surface area contributed by atoms with Crippen LogP contribution in [-0.2, 0) is 11.2 Å². The normalized spacial score (nSPS) is 12.8. The minimum atomic E-state index is -0.987. The molecule has 4 aromatic rings. The lowest BCUT2D eigenvalue weighted by molar-refractivity contribution is -0.140. The van der Waals surface area contributed by atoms with E-state index in [1.807, 2.05) is 54.6 Å². The summed E-state index contributed by atoms with van der Waals surface area (Å²) in [6, 6.07) is 22.5. The maximum atomic E-state index is 12.8. The van der Waals surface area contributed by atoms with Gasteiger partial charge in [0.2, 0.25) is 0 Å². The van der Waals surface area contributed by atoms with Gasteiger partial charge < -0.3 is 9.67 Å². The van der Waals surface area contributed by atoms with Crippen LogP contribution < -0.4 is 4.80 Å². The molecule has 1 N–H and O–H groups in total. The van der Waals surface area contributed by atoms with E-state index in [4.69, 9.17) is 11.6 Å². The molecular formula is C23H17ClN2O3S. The van der Waals surface area contributed by atoms with Crippen LogP contribution in [0.25, 0.3) is 10.2 Å². The van der Waals surface area contributed by atoms with Crippen LogP contribution in [0.5, 0.6) is 0 Å². The molecule has 0 saturated heterocycles. The van der Waals surface area contributed by atoms with Crippen LogP contribution >= 0.6 is 22.9 Å². The number of amides is 1. The van der Waals surface area contributed by atoms with Crippen LogP contribution in [-0.4, -0.2) is 21.6 Å². The van der Waals surface area contributed by atoms with Crippen LogP contribution in [0.3, 0.4) is 0 Å². The third-order valence-electron chi connectivity index (χ3n) is 4.67. The van der Waals surface area contributed by atoms with Crippen molar-refractivity contribution >= 4 is 45.0 Å². The highest BCUT2D eigenvalue weighted by molar-refractivity contribution is 7.16. The number of aliphatic carboxylic acids is 1. The Labute approximate surface area is 181 Å². The molecule has 0 spiro atoms. The first-order valence-electron chi connectivity index (χ1n) is 9.24. The van der Waals surface area contributed by atoms with Crippen molar-refractivity contribution in [1.82, 2.24) is 4.57 Å². The minimum Gasteiger partial charge on any atom is -0.480 e. The first kappa shape index (κ1) is 20.1. The van der Waals surface area contributed by atoms with Gasteiger partial charge in [0, 0.05) is 17.0 Å². The highest BCUT2D eigenvalue weighted by Gasteiger charge is 2.24. The maximum absolute atomic E-state index is 12.8. The van der Waals surface area contributed by atoms with Crippen LogP contribution in [0.1, 0.15) is 22.0 Å². The number of carboxylic acid groups (broad SMARTS) is 1. The van der Waals surface area contributed by atoms with Gasteiger partial charge in [0.05, 0.1) is 10.2 Å². The lowest BCUT2D eigenvalue weighted by Crippen LogP contribution is -2.29. The lowest BCUT2D eigenvalue weighted by Gasteiger charge is -2.16. The zero-order valence-corrected chi connectivity index (χ0v) is 17.3. The number of carbonyl (C=O) groups excluding carboxylic acids is 1. The molecule has 5 nitrogen and oxygen atoms in total. The van der Waals surface area contributed by atoms with Gasteiger partial charge in [-0.05, 0) is 35.9 Å². The highest BCUT2D eigenvalue weighted by atomic mass is 35.5. The molecule has 7 heteroatoms. The number of hydrogen-bond donors (Lipinski definition) is 1. The molecule has 3 aromatic carbocycles. The molecule has 1 amide bonds. The Bertz CT molecular complexity index is 1290. The predicted octanol–water partition coefficient (Wildman–Crippen LogP) is 4.97. The van der Waals surface area contributed by atoms with Gasteiger partial charge in [-0.15, -0.1) is 0 Å². The van der Waals surface area contributed by atoms with Crippen molar-refractivity contribution in [1.29, 1.82) is 0 Å². The number of halogens is 1. The summed E-state index contributed by atoms with van der Waals surface area (Å²) in [5.41, 5.74) is 1.96. The van der Waals surface area contributed by atoms with Crippen LogP contribution in [0, 0.1) is 0 Å². The summed E-state index contributed by atoms with van der Waals surface area (Å²) < 4.78 is 2.49. The van der Waals surface area contributed by atoms with E-state index in [0.29, 0.717) is 15.4 Å². The number of carbonyl (C=O) groups is 2. The Morgan fingerprint density at radius 1 is 1.00 bits per heavy atom. The van der Waals surface area contributed by atoms with E-state index in [9.17, 15) is 14.7 Å². The molecule has 0 radical (unpaired) electrons. The molecule has 0 saturated carbocycles. The van der Waals surface area contributed by atoms with E-state index in [1.54, 1.807) is 28.8 Å². The monoisotopic (exact) mass is 436 g/mol. The number of hydrogen-bond acceptors (Lipinski definition) is 3. The molecule has 1 unspecified atom stereocenters. The molecule has 1 aromatic heterocycles. The number of para-hydroxylation sites is 1. The third kappa shape index (κ3) is 4.20. The summed E-state index contributed by atoms with van der Waals surface area (Å²) in [4.78, 5) is 29.6. The Balaban J connectivity index is 1.87. The van der Waals surface area contributed by atoms with E-state index < -0.39 is 17.9 Å². The SMILES string of the molecule is O=C(N=c1sc2ccccc2n1C(Cc1ccccc1)C(=O)O)c1cccc(Cl)c1. The number of nitrogens with zero attached hydrogens (tertiary/aromatic N) is 2. The summed E-state index contributed by atoms with van der Waals surface area (Å²) in [5.74, 6) is -1.46. The summed E-state index contributed by atoms with van der Waals surface area (Å²) in [6.45, 7) is 0. The fourth-order valence-corrected chi connectivity index (χ4v) is 4.53. The van der Waals surface area contributed by atoms with Gasteiger partial charge in [0.25, 0.3) is 5.91 Å². The van der Waals surface area contributed by atoms with Crippen LogP contribution in [0.2, 0.25) is 5.02 Å². The van der Waals surface area contributed by atoms with Crippen molar-refractivity contribution in [2.45, 2.75) is 12.5 Å². The van der Waals surface area contributed by atoms with Crippen molar-refractivity contribution in [3.05, 3.63) is 99.8 Å². The number of aromatic nitrogens is 1. The predicted molar refractivity (Wildman–Crippen MR) is 118 cm³/mol. The summed E-state index contributed by atoms with van der Waals surface area (Å²) in [5, 5.41) is 10.5. The molecule has 0 aliphatic carbocycles. The van der Waals surface area contributed by atoms with Crippen LogP contribution in [0.4, 0.5) is 0 Å². The Kier molecular flexibility index (Phi) is 5.79. The van der Waals surface area contributed by atoms with Crippen LogP contribution in [0.15, 0.2) is 83.9 Å². The topological polar surface area (TPSA) is 71.7 Å². The molecule has 0 aliphatic rings. The van der Waals surface area contributed by atoms with Gasteiger partial charge in [0.1, 0.15) is 6.04 Å². The molecule has 1 heterocycles. The van der Waals surface area contributed by atoms with E-state index in [-0.39, 0.29) is 6.42 Å². The second kappa shape index (κ2) is 8.65. The second-order valence-corrected chi connectivity index (χ2v) is 8.14. The highest BCUT2D eigenvalue weighted by Crippen LogP contribution is 2.23. The Morgan fingerprint density at radius 2 is 1.73 bits per heavy atom. The smallest absolute Gasteiger partial charge is 0.327 e. The summed E-state index contributed by atoms with van der Waals surface area (Å²) in [6.07, 6.45) is 0.273. The van der Waals surface area contributed by atoms with E-state index in [2.05, 4.69) is 4.99 Å². The van der Waals surface area contributed by atoms with Gasteiger partial charge in [-0.2, -0.15) is 4.99 Å². The van der Waals surface area contributed by atoms with Crippen molar-refractivity contribution in [2.75, 3.05) is 0 Å². The maximum Gasteiger partial charge on any atom is 0.327 e. The average Bonchev–Trinajstić information content (AvgIpc) is 3.10. The number of benzene rings is 3. The summed E-state index contributed by atoms with van der Waals surface area (Å²) in [7, 11) is 0. The number of thiazole rings is 1. The van der Waals surface area contributed by atoms with Gasteiger partial charge in [-0.3, -0.25) is 4.79 Å². The third-order valence-corrected chi connectivity index (χ3v) is 5.94. The molecule has 1 atom stereocenters. The first-order chi connectivity index (χ1) is 14.5. The molecule has 0 fully saturated rings. The van der Waals surface area contributed by atoms with Crippen molar-refractivity contribution in [3.8, 4) is 0 Å². The minimum absolute atomic E-state index is 0.273. The van der Waals surface area contributed by atoms with E-state index in [0.717, 1.165) is 15.8 Å². The molecule has 30 heavy (non-hydrogen) atoms. The van der Waals surface area contributed by atoms with Gasteiger partial charge in [0.15, 0.2) is 4.80 Å².